The Bertz CT molecular complexity index is 520. The van der Waals surface area contributed by atoms with E-state index >= 15 is 0 Å². The van der Waals surface area contributed by atoms with Crippen molar-refractivity contribution >= 4 is 23.3 Å². The van der Waals surface area contributed by atoms with Gasteiger partial charge in [-0.1, -0.05) is 18.5 Å². The van der Waals surface area contributed by atoms with Gasteiger partial charge in [0.25, 0.3) is 5.91 Å². The maximum atomic E-state index is 12.6. The van der Waals surface area contributed by atoms with Gasteiger partial charge in [-0.15, -0.1) is 0 Å². The van der Waals surface area contributed by atoms with Crippen LogP contribution in [-0.2, 0) is 0 Å². The Morgan fingerprint density at radius 1 is 1.62 bits per heavy atom. The van der Waals surface area contributed by atoms with Crippen molar-refractivity contribution in [3.05, 3.63) is 22.8 Å². The van der Waals surface area contributed by atoms with Gasteiger partial charge in [-0.05, 0) is 32.3 Å². The monoisotopic (exact) mass is 311 g/mol. The molecule has 1 saturated heterocycles. The van der Waals surface area contributed by atoms with E-state index in [-0.39, 0.29) is 5.91 Å². The van der Waals surface area contributed by atoms with Crippen LogP contribution >= 0.6 is 11.6 Å². The molecule has 1 aromatic heterocycles. The Morgan fingerprint density at radius 3 is 3.05 bits per heavy atom. The topological polar surface area (TPSA) is 65.5 Å². The highest BCUT2D eigenvalue weighted by Crippen LogP contribution is 2.25. The molecule has 1 aliphatic heterocycles. The van der Waals surface area contributed by atoms with E-state index in [1.54, 1.807) is 17.9 Å². The van der Waals surface area contributed by atoms with Gasteiger partial charge in [-0.3, -0.25) is 4.79 Å². The van der Waals surface area contributed by atoms with E-state index in [0.29, 0.717) is 35.9 Å². The minimum atomic E-state index is -0.823. The summed E-state index contributed by atoms with van der Waals surface area (Å²) in [6.07, 6.45) is 3.98. The maximum Gasteiger partial charge on any atom is 0.255 e. The maximum absolute atomic E-state index is 12.6. The van der Waals surface area contributed by atoms with Crippen molar-refractivity contribution in [1.29, 1.82) is 0 Å². The number of aliphatic hydroxyl groups is 1. The van der Waals surface area contributed by atoms with Crippen LogP contribution in [0, 0.1) is 0 Å². The first-order valence-corrected chi connectivity index (χ1v) is 7.72. The molecule has 21 heavy (non-hydrogen) atoms. The third kappa shape index (κ3) is 4.08. The average Bonchev–Trinajstić information content (AvgIpc) is 2.44. The fourth-order valence-corrected chi connectivity index (χ4v) is 2.70. The molecule has 1 unspecified atom stereocenters. The first kappa shape index (κ1) is 16.0. The van der Waals surface area contributed by atoms with E-state index in [1.165, 1.54) is 6.20 Å². The molecule has 2 heterocycles. The zero-order valence-corrected chi connectivity index (χ0v) is 13.3. The van der Waals surface area contributed by atoms with Crippen molar-refractivity contribution in [2.24, 2.45) is 0 Å². The first-order chi connectivity index (χ1) is 9.93. The van der Waals surface area contributed by atoms with Gasteiger partial charge in [0.2, 0.25) is 0 Å². The van der Waals surface area contributed by atoms with E-state index < -0.39 is 5.60 Å². The fraction of sp³-hybridized carbons (Fsp3) is 0.600. The molecule has 0 spiro atoms. The number of piperidine rings is 1. The predicted molar refractivity (Wildman–Crippen MR) is 83.8 cm³/mol. The summed E-state index contributed by atoms with van der Waals surface area (Å²) in [5.41, 5.74) is -0.389. The normalized spacial score (nSPS) is 22.2. The first-order valence-electron chi connectivity index (χ1n) is 7.34. The molecule has 0 aromatic carbocycles. The number of pyridine rings is 1. The molecule has 0 bridgehead atoms. The van der Waals surface area contributed by atoms with Crippen LogP contribution in [0.3, 0.4) is 0 Å². The lowest BCUT2D eigenvalue weighted by molar-refractivity contribution is -0.0107. The van der Waals surface area contributed by atoms with Crippen LogP contribution in [-0.4, -0.2) is 46.1 Å². The Hall–Kier alpha value is -1.33. The van der Waals surface area contributed by atoms with E-state index in [2.05, 4.69) is 17.2 Å². The number of likely N-dealkylation sites (tertiary alicyclic amines) is 1. The largest absolute Gasteiger partial charge is 0.388 e. The number of aromatic nitrogens is 1. The zero-order chi connectivity index (χ0) is 15.5. The predicted octanol–water partition coefficient (Wildman–Crippen LogP) is 2.54. The van der Waals surface area contributed by atoms with Crippen LogP contribution in [0.4, 0.5) is 5.82 Å². The van der Waals surface area contributed by atoms with Gasteiger partial charge < -0.3 is 15.3 Å². The Balaban J connectivity index is 2.17. The quantitative estimate of drug-likeness (QED) is 0.897. The summed E-state index contributed by atoms with van der Waals surface area (Å²) in [6, 6.07) is 1.68. The average molecular weight is 312 g/mol. The minimum Gasteiger partial charge on any atom is -0.388 e. The third-order valence-corrected chi connectivity index (χ3v) is 3.91. The van der Waals surface area contributed by atoms with Crippen LogP contribution in [0.1, 0.15) is 43.5 Å². The molecule has 1 fully saturated rings. The highest BCUT2D eigenvalue weighted by Gasteiger charge is 2.32. The number of nitrogens with zero attached hydrogens (tertiary/aromatic N) is 2. The molecule has 2 rings (SSSR count). The van der Waals surface area contributed by atoms with E-state index in [9.17, 15) is 9.90 Å². The number of carbonyl (C=O) groups excluding carboxylic acids is 1. The summed E-state index contributed by atoms with van der Waals surface area (Å²) < 4.78 is 0. The molecule has 0 aliphatic carbocycles. The highest BCUT2D eigenvalue weighted by atomic mass is 35.5. The third-order valence-electron chi connectivity index (χ3n) is 3.60. The Morgan fingerprint density at radius 2 is 2.38 bits per heavy atom. The van der Waals surface area contributed by atoms with E-state index in [0.717, 1.165) is 19.4 Å². The number of rotatable bonds is 4. The van der Waals surface area contributed by atoms with Gasteiger partial charge >= 0.3 is 0 Å². The molecule has 1 aromatic rings. The van der Waals surface area contributed by atoms with Crippen molar-refractivity contribution in [1.82, 2.24) is 9.88 Å². The number of β-amino-alcohol motifs (C(OH)–C–C–N with tert-alkyl or cyclic N) is 1. The summed E-state index contributed by atoms with van der Waals surface area (Å²) in [6.45, 7) is 5.59. The molecular weight excluding hydrogens is 290 g/mol. The lowest BCUT2D eigenvalue weighted by Crippen LogP contribution is -2.48. The molecule has 1 aliphatic rings. The number of nitrogens with one attached hydrogen (secondary N) is 1. The molecule has 1 atom stereocenters. The lowest BCUT2D eigenvalue weighted by Gasteiger charge is -2.37. The SMILES string of the molecule is CCCNc1cc(C(=O)N2CCCC(C)(O)C2)c(Cl)cn1. The van der Waals surface area contributed by atoms with Crippen LogP contribution in [0.2, 0.25) is 5.02 Å². The summed E-state index contributed by atoms with van der Waals surface area (Å²) in [5, 5.41) is 13.6. The lowest BCUT2D eigenvalue weighted by atomic mass is 9.95. The van der Waals surface area contributed by atoms with Gasteiger partial charge in [-0.2, -0.15) is 0 Å². The van der Waals surface area contributed by atoms with Gasteiger partial charge in [-0.25, -0.2) is 4.98 Å². The minimum absolute atomic E-state index is 0.151. The standard InChI is InChI=1S/C15H22ClN3O2/c1-3-6-17-13-8-11(12(16)9-18-13)14(20)19-7-4-5-15(2,21)10-19/h8-9,21H,3-7,10H2,1-2H3,(H,17,18). The van der Waals surface area contributed by atoms with Gasteiger partial charge in [0.15, 0.2) is 0 Å². The smallest absolute Gasteiger partial charge is 0.255 e. The second-order valence-corrected chi connectivity index (χ2v) is 6.21. The number of anilines is 1. The Kier molecular flexibility index (Phi) is 5.06. The molecule has 6 heteroatoms. The van der Waals surface area contributed by atoms with Crippen molar-refractivity contribution < 1.29 is 9.90 Å². The second kappa shape index (κ2) is 6.62. The van der Waals surface area contributed by atoms with Crippen molar-refractivity contribution in [3.63, 3.8) is 0 Å². The number of hydrogen-bond donors (Lipinski definition) is 2. The van der Waals surface area contributed by atoms with Gasteiger partial charge in [0.05, 0.1) is 16.2 Å². The molecule has 116 valence electrons. The van der Waals surface area contributed by atoms with Crippen molar-refractivity contribution in [3.8, 4) is 0 Å². The molecule has 0 radical (unpaired) electrons. The number of halogens is 1. The summed E-state index contributed by atoms with van der Waals surface area (Å²) >= 11 is 6.12. The summed E-state index contributed by atoms with van der Waals surface area (Å²) in [4.78, 5) is 18.4. The fourth-order valence-electron chi connectivity index (χ4n) is 2.52. The summed E-state index contributed by atoms with van der Waals surface area (Å²) in [5.74, 6) is 0.496. The van der Waals surface area contributed by atoms with Crippen LogP contribution in [0.25, 0.3) is 0 Å². The second-order valence-electron chi connectivity index (χ2n) is 5.80. The number of amides is 1. The highest BCUT2D eigenvalue weighted by molar-refractivity contribution is 6.33. The number of carbonyl (C=O) groups is 1. The zero-order valence-electron chi connectivity index (χ0n) is 12.5. The van der Waals surface area contributed by atoms with E-state index in [4.69, 9.17) is 11.6 Å². The molecule has 0 saturated carbocycles. The molecule has 1 amide bonds. The van der Waals surface area contributed by atoms with Crippen molar-refractivity contribution in [2.75, 3.05) is 25.0 Å². The molecule has 2 N–H and O–H groups in total. The number of hydrogen-bond acceptors (Lipinski definition) is 4. The van der Waals surface area contributed by atoms with Gasteiger partial charge in [0.1, 0.15) is 5.82 Å². The van der Waals surface area contributed by atoms with Crippen LogP contribution < -0.4 is 5.32 Å². The van der Waals surface area contributed by atoms with Crippen LogP contribution in [0.5, 0.6) is 0 Å². The Labute approximate surface area is 130 Å². The van der Waals surface area contributed by atoms with E-state index in [1.807, 2.05) is 0 Å². The van der Waals surface area contributed by atoms with Crippen molar-refractivity contribution in [2.45, 2.75) is 38.7 Å². The molecular formula is C15H22ClN3O2. The van der Waals surface area contributed by atoms with Gasteiger partial charge in [0, 0.05) is 25.8 Å². The summed E-state index contributed by atoms with van der Waals surface area (Å²) in [7, 11) is 0. The molecule has 5 nitrogen and oxygen atoms in total. The van der Waals surface area contributed by atoms with Crippen LogP contribution in [0.15, 0.2) is 12.3 Å².